The average molecular weight is 356 g/mol. The fourth-order valence-electron chi connectivity index (χ4n) is 3.17. The van der Waals surface area contributed by atoms with Crippen LogP contribution in [0.15, 0.2) is 35.1 Å². The zero-order valence-corrected chi connectivity index (χ0v) is 14.9. The van der Waals surface area contributed by atoms with Crippen LogP contribution < -0.4 is 11.1 Å². The summed E-state index contributed by atoms with van der Waals surface area (Å²) in [7, 11) is 0. The second-order valence-electron chi connectivity index (χ2n) is 6.57. The number of carbonyl (C=O) groups excluding carboxylic acids is 2. The van der Waals surface area contributed by atoms with Gasteiger partial charge >= 0.3 is 0 Å². The normalized spacial score (nSPS) is 17.2. The van der Waals surface area contributed by atoms with Gasteiger partial charge in [-0.1, -0.05) is 29.8 Å². The van der Waals surface area contributed by atoms with E-state index in [0.717, 1.165) is 24.0 Å². The van der Waals surface area contributed by atoms with E-state index in [1.807, 2.05) is 31.2 Å². The number of nitrogens with zero attached hydrogens (tertiary/aromatic N) is 2. The Morgan fingerprint density at radius 1 is 1.35 bits per heavy atom. The van der Waals surface area contributed by atoms with Crippen LogP contribution in [-0.4, -0.2) is 47.9 Å². The van der Waals surface area contributed by atoms with Crippen LogP contribution in [0.1, 0.15) is 28.9 Å². The molecule has 0 spiro atoms. The van der Waals surface area contributed by atoms with E-state index in [-0.39, 0.29) is 23.4 Å². The number of rotatable bonds is 5. The van der Waals surface area contributed by atoms with Crippen molar-refractivity contribution < 1.29 is 14.0 Å². The number of aryl methyl sites for hydroxylation is 1. The Labute approximate surface area is 152 Å². The van der Waals surface area contributed by atoms with Gasteiger partial charge in [-0.2, -0.15) is 0 Å². The number of nitrogens with two attached hydrogens (primary N) is 1. The van der Waals surface area contributed by atoms with Crippen molar-refractivity contribution in [2.45, 2.75) is 19.8 Å². The number of nitrogens with one attached hydrogen (secondary N) is 1. The first-order valence-electron chi connectivity index (χ1n) is 8.87. The van der Waals surface area contributed by atoms with Crippen molar-refractivity contribution in [1.29, 1.82) is 0 Å². The number of amides is 2. The number of oxazole rings is 1. The zero-order valence-electron chi connectivity index (χ0n) is 14.9. The molecule has 0 bridgehead atoms. The number of hydrogen-bond acceptors (Lipinski definition) is 5. The van der Waals surface area contributed by atoms with Gasteiger partial charge in [0, 0.05) is 31.7 Å². The first-order valence-corrected chi connectivity index (χ1v) is 8.87. The van der Waals surface area contributed by atoms with E-state index in [1.165, 1.54) is 6.39 Å². The minimum atomic E-state index is -0.214. The van der Waals surface area contributed by atoms with E-state index in [2.05, 4.69) is 10.3 Å². The van der Waals surface area contributed by atoms with E-state index in [1.54, 1.807) is 4.90 Å². The first kappa shape index (κ1) is 18.1. The zero-order chi connectivity index (χ0) is 18.5. The summed E-state index contributed by atoms with van der Waals surface area (Å²) in [6.45, 7) is 3.85. The summed E-state index contributed by atoms with van der Waals surface area (Å²) >= 11 is 0. The highest BCUT2D eigenvalue weighted by Crippen LogP contribution is 2.26. The highest BCUT2D eigenvalue weighted by molar-refractivity contribution is 5.98. The third-order valence-electron chi connectivity index (χ3n) is 4.61. The molecule has 3 rings (SSSR count). The molecular weight excluding hydrogens is 332 g/mol. The number of carbonyl (C=O) groups is 2. The molecule has 1 fully saturated rings. The second-order valence-corrected chi connectivity index (χ2v) is 6.57. The molecule has 2 amide bonds. The fourth-order valence-corrected chi connectivity index (χ4v) is 3.17. The number of likely N-dealkylation sites (tertiary alicyclic amines) is 1. The third kappa shape index (κ3) is 3.94. The van der Waals surface area contributed by atoms with Crippen molar-refractivity contribution in [3.8, 4) is 11.3 Å². The van der Waals surface area contributed by atoms with Crippen molar-refractivity contribution >= 4 is 11.8 Å². The molecule has 1 aliphatic heterocycles. The van der Waals surface area contributed by atoms with E-state index < -0.39 is 0 Å². The first-order chi connectivity index (χ1) is 12.6. The molecule has 0 radical (unpaired) electrons. The largest absolute Gasteiger partial charge is 0.443 e. The number of piperidine rings is 1. The van der Waals surface area contributed by atoms with Gasteiger partial charge in [0.15, 0.2) is 17.8 Å². The Hall–Kier alpha value is -2.67. The van der Waals surface area contributed by atoms with E-state index >= 15 is 0 Å². The van der Waals surface area contributed by atoms with Gasteiger partial charge in [-0.15, -0.1) is 0 Å². The van der Waals surface area contributed by atoms with E-state index in [4.69, 9.17) is 10.2 Å². The monoisotopic (exact) mass is 356 g/mol. The maximum absolute atomic E-state index is 13.0. The smallest absolute Gasteiger partial charge is 0.276 e. The van der Waals surface area contributed by atoms with Gasteiger partial charge in [-0.3, -0.25) is 9.59 Å². The van der Waals surface area contributed by atoms with Crippen molar-refractivity contribution in [2.75, 3.05) is 26.2 Å². The Morgan fingerprint density at radius 2 is 2.12 bits per heavy atom. The van der Waals surface area contributed by atoms with Crippen molar-refractivity contribution in [1.82, 2.24) is 15.2 Å². The Bertz CT molecular complexity index is 769. The third-order valence-corrected chi connectivity index (χ3v) is 4.61. The van der Waals surface area contributed by atoms with Crippen LogP contribution in [0.4, 0.5) is 0 Å². The van der Waals surface area contributed by atoms with Crippen molar-refractivity contribution in [3.63, 3.8) is 0 Å². The van der Waals surface area contributed by atoms with Gasteiger partial charge in [0.1, 0.15) is 0 Å². The lowest BCUT2D eigenvalue weighted by atomic mass is 9.96. The number of benzene rings is 1. The van der Waals surface area contributed by atoms with Crippen LogP contribution in [0.25, 0.3) is 11.3 Å². The molecule has 7 heteroatoms. The number of hydrogen-bond donors (Lipinski definition) is 2. The van der Waals surface area contributed by atoms with Crippen molar-refractivity contribution in [3.05, 3.63) is 41.9 Å². The summed E-state index contributed by atoms with van der Waals surface area (Å²) in [6.07, 6.45) is 2.84. The minimum absolute atomic E-state index is 0.0492. The van der Waals surface area contributed by atoms with Gasteiger partial charge in [0.2, 0.25) is 5.91 Å². The Kier molecular flexibility index (Phi) is 5.68. The van der Waals surface area contributed by atoms with E-state index in [0.29, 0.717) is 31.9 Å². The molecule has 138 valence electrons. The molecule has 2 aromatic rings. The van der Waals surface area contributed by atoms with Crippen LogP contribution in [-0.2, 0) is 4.79 Å². The molecule has 0 aliphatic carbocycles. The maximum atomic E-state index is 13.0. The van der Waals surface area contributed by atoms with Gasteiger partial charge in [0.05, 0.1) is 5.92 Å². The predicted octanol–water partition coefficient (Wildman–Crippen LogP) is 1.58. The Morgan fingerprint density at radius 3 is 2.85 bits per heavy atom. The highest BCUT2D eigenvalue weighted by Gasteiger charge is 2.31. The second kappa shape index (κ2) is 8.14. The fraction of sp³-hybridized carbons (Fsp3) is 0.421. The topological polar surface area (TPSA) is 101 Å². The molecule has 0 saturated carbocycles. The van der Waals surface area contributed by atoms with Gasteiger partial charge in [-0.05, 0) is 19.8 Å². The van der Waals surface area contributed by atoms with Gasteiger partial charge in [0.25, 0.3) is 5.91 Å². The van der Waals surface area contributed by atoms with Crippen LogP contribution in [0.5, 0.6) is 0 Å². The summed E-state index contributed by atoms with van der Waals surface area (Å²) in [5.74, 6) is -0.00352. The summed E-state index contributed by atoms with van der Waals surface area (Å²) in [5.41, 5.74) is 7.66. The van der Waals surface area contributed by atoms with Crippen LogP contribution >= 0.6 is 0 Å². The lowest BCUT2D eigenvalue weighted by Gasteiger charge is -2.31. The molecule has 1 aromatic carbocycles. The SMILES string of the molecule is Cc1ccc(-c2ocnc2C(=O)N2CCCC(C(=O)NCCN)C2)cc1. The molecule has 3 N–H and O–H groups in total. The molecule has 1 aliphatic rings. The molecule has 2 heterocycles. The molecular formula is C19H24N4O3. The van der Waals surface area contributed by atoms with Crippen molar-refractivity contribution in [2.24, 2.45) is 11.7 Å². The number of aromatic nitrogens is 1. The predicted molar refractivity (Wildman–Crippen MR) is 97.4 cm³/mol. The molecule has 1 atom stereocenters. The molecule has 7 nitrogen and oxygen atoms in total. The standard InChI is InChI=1S/C19H24N4O3/c1-13-4-6-14(7-5-13)17-16(22-12-26-17)19(25)23-10-2-3-15(11-23)18(24)21-9-8-20/h4-7,12,15H,2-3,8-11,20H2,1H3,(H,21,24). The molecule has 26 heavy (non-hydrogen) atoms. The van der Waals surface area contributed by atoms with E-state index in [9.17, 15) is 9.59 Å². The van der Waals surface area contributed by atoms with Crippen LogP contribution in [0, 0.1) is 12.8 Å². The molecule has 1 saturated heterocycles. The summed E-state index contributed by atoms with van der Waals surface area (Å²) in [4.78, 5) is 31.0. The van der Waals surface area contributed by atoms with Gasteiger partial charge in [-0.25, -0.2) is 4.98 Å². The maximum Gasteiger partial charge on any atom is 0.276 e. The summed E-state index contributed by atoms with van der Waals surface area (Å²) in [6, 6.07) is 7.74. The van der Waals surface area contributed by atoms with Crippen LogP contribution in [0.2, 0.25) is 0 Å². The Balaban J connectivity index is 1.74. The lowest BCUT2D eigenvalue weighted by Crippen LogP contribution is -2.46. The highest BCUT2D eigenvalue weighted by atomic mass is 16.3. The lowest BCUT2D eigenvalue weighted by molar-refractivity contribution is -0.126. The van der Waals surface area contributed by atoms with Gasteiger partial charge < -0.3 is 20.4 Å². The minimum Gasteiger partial charge on any atom is -0.443 e. The van der Waals surface area contributed by atoms with Crippen LogP contribution in [0.3, 0.4) is 0 Å². The quantitative estimate of drug-likeness (QED) is 0.847. The molecule has 1 unspecified atom stereocenters. The summed E-state index contributed by atoms with van der Waals surface area (Å²) < 4.78 is 5.48. The molecule has 1 aromatic heterocycles. The summed E-state index contributed by atoms with van der Waals surface area (Å²) in [5, 5.41) is 2.80. The average Bonchev–Trinajstić information content (AvgIpc) is 3.16.